The number of benzene rings is 3. The molecule has 0 bridgehead atoms. The van der Waals surface area contributed by atoms with Gasteiger partial charge in [-0.1, -0.05) is 58.4 Å². The van der Waals surface area contributed by atoms with Crippen LogP contribution in [0, 0.1) is 6.92 Å². The number of para-hydroxylation sites is 1. The van der Waals surface area contributed by atoms with Crippen LogP contribution in [0.5, 0.6) is 5.75 Å². The summed E-state index contributed by atoms with van der Waals surface area (Å²) in [5.41, 5.74) is 12.8. The van der Waals surface area contributed by atoms with E-state index in [0.717, 1.165) is 42.7 Å². The van der Waals surface area contributed by atoms with Crippen LogP contribution in [0.15, 0.2) is 108 Å². The molecule has 0 unspecified atom stereocenters. The SMILES string of the molecule is Cc1cc(Br)ccc1[OH2+].O.[Cl][Ru].[N]c1ccc2ccccc2n1.c1cnc2c(c1)ccc1cccnc12. The molecule has 6 rings (SSSR count). The second kappa shape index (κ2) is 15.2. The summed E-state index contributed by atoms with van der Waals surface area (Å²) in [7, 11) is 4.57. The molecule has 189 valence electrons. The van der Waals surface area contributed by atoms with Gasteiger partial charge in [-0.2, -0.15) is 0 Å². The molecule has 0 aliphatic heterocycles. The zero-order chi connectivity index (χ0) is 25.9. The van der Waals surface area contributed by atoms with Gasteiger partial charge in [-0.25, -0.2) is 4.98 Å². The summed E-state index contributed by atoms with van der Waals surface area (Å²) in [5.74, 6) is 0.668. The van der Waals surface area contributed by atoms with E-state index >= 15 is 0 Å². The molecule has 0 atom stereocenters. The maximum Gasteiger partial charge on any atom is 0.175 e. The summed E-state index contributed by atoms with van der Waals surface area (Å²) in [6.07, 6.45) is 3.60. The summed E-state index contributed by atoms with van der Waals surface area (Å²) in [4.78, 5) is 12.6. The molecule has 9 heteroatoms. The van der Waals surface area contributed by atoms with Crippen molar-refractivity contribution >= 4 is 64.1 Å². The van der Waals surface area contributed by atoms with Gasteiger partial charge in [-0.05, 0) is 49.4 Å². The predicted octanol–water partition coefficient (Wildman–Crippen LogP) is 6.78. The number of halogens is 2. The maximum absolute atomic E-state index is 9.02. The van der Waals surface area contributed by atoms with E-state index in [4.69, 9.17) is 10.8 Å². The minimum atomic E-state index is 0. The summed E-state index contributed by atoms with van der Waals surface area (Å²) in [6.45, 7) is 1.92. The monoisotopic (exact) mass is 664 g/mol. The van der Waals surface area contributed by atoms with Crippen molar-refractivity contribution in [3.05, 3.63) is 113 Å². The van der Waals surface area contributed by atoms with Gasteiger partial charge in [0.25, 0.3) is 5.75 Å². The topological polar surface area (TPSA) is 115 Å². The molecule has 0 aliphatic carbocycles. The molecule has 6 aromatic rings. The third-order valence-electron chi connectivity index (χ3n) is 5.12. The number of aromatic nitrogens is 3. The first-order valence-electron chi connectivity index (χ1n) is 10.8. The molecule has 3 aromatic carbocycles. The third-order valence-corrected chi connectivity index (χ3v) is 5.61. The van der Waals surface area contributed by atoms with Crippen molar-refractivity contribution in [1.82, 2.24) is 20.7 Å². The standard InChI is InChI=1S/C12H8N2.C9H6N2.C7H7BrO.ClH.H2O.Ru/c1-3-9-5-6-10-4-2-8-14-12(10)11(9)13-7-1;10-9-6-5-7-3-1-2-4-8(7)11-9;1-5-4-6(8)2-3-7(5)9;;;/h1-8H;1-6H;2-4,9H,1H3;1H;1H2;/q;;;;;+1. The Bertz CT molecular complexity index is 1530. The Balaban J connectivity index is 0.000000191. The molecule has 3 heterocycles. The van der Waals surface area contributed by atoms with Gasteiger partial charge in [-0.15, -0.1) is 5.73 Å². The van der Waals surface area contributed by atoms with Crippen LogP contribution < -0.4 is 5.73 Å². The van der Waals surface area contributed by atoms with E-state index in [-0.39, 0.29) is 11.3 Å². The van der Waals surface area contributed by atoms with E-state index in [1.54, 1.807) is 24.5 Å². The smallest absolute Gasteiger partial charge is 0.175 e. The Morgan fingerprint density at radius 3 is 1.86 bits per heavy atom. The largest absolute Gasteiger partial charge is 0.254 e. The summed E-state index contributed by atoms with van der Waals surface area (Å²) < 4.78 is 1.04. The van der Waals surface area contributed by atoms with Crippen molar-refractivity contribution in [3.8, 4) is 5.75 Å². The fourth-order valence-electron chi connectivity index (χ4n) is 3.36. The molecule has 3 aromatic heterocycles. The molecule has 0 saturated heterocycles. The minimum Gasteiger partial charge on any atom is -0.254 e. The Labute approximate surface area is 237 Å². The van der Waals surface area contributed by atoms with Gasteiger partial charge in [-0.3, -0.25) is 9.97 Å². The molecule has 0 amide bonds. The van der Waals surface area contributed by atoms with Crippen LogP contribution in [0.3, 0.4) is 0 Å². The summed E-state index contributed by atoms with van der Waals surface area (Å²) in [5, 5.41) is 10.6. The number of fused-ring (bicyclic) bond motifs is 4. The van der Waals surface area contributed by atoms with Crippen molar-refractivity contribution in [2.45, 2.75) is 6.92 Å². The van der Waals surface area contributed by atoms with Crippen LogP contribution >= 0.6 is 25.6 Å². The maximum atomic E-state index is 9.02. The molecule has 4 N–H and O–H groups in total. The van der Waals surface area contributed by atoms with Crippen LogP contribution in [0.1, 0.15) is 5.56 Å². The fraction of sp³-hybridized carbons (Fsp3) is 0.0357. The van der Waals surface area contributed by atoms with Gasteiger partial charge < -0.3 is 10.6 Å². The number of aryl methyl sites for hydroxylation is 1. The molecule has 0 aliphatic rings. The second-order valence-corrected chi connectivity index (χ2v) is 8.45. The first-order valence-corrected chi connectivity index (χ1v) is 13.8. The Kier molecular flexibility index (Phi) is 12.3. The number of rotatable bonds is 0. The van der Waals surface area contributed by atoms with Crippen molar-refractivity contribution in [1.29, 1.82) is 0 Å². The van der Waals surface area contributed by atoms with E-state index in [1.807, 2.05) is 78.8 Å². The molecule has 0 fully saturated rings. The predicted molar refractivity (Wildman–Crippen MR) is 152 cm³/mol. The van der Waals surface area contributed by atoms with E-state index in [0.29, 0.717) is 5.75 Å². The van der Waals surface area contributed by atoms with E-state index in [1.165, 1.54) is 0 Å². The fourth-order valence-corrected chi connectivity index (χ4v) is 3.84. The number of hydrogen-bond acceptors (Lipinski definition) is 3. The summed E-state index contributed by atoms with van der Waals surface area (Å²) >= 11 is 5.14. The van der Waals surface area contributed by atoms with Crippen LogP contribution in [-0.2, 0) is 17.3 Å². The zero-order valence-corrected chi connectivity index (χ0v) is 23.8. The van der Waals surface area contributed by atoms with Crippen LogP contribution in [0.4, 0.5) is 5.82 Å². The van der Waals surface area contributed by atoms with E-state index in [9.17, 15) is 0 Å². The quantitative estimate of drug-likeness (QED) is 0.101. The van der Waals surface area contributed by atoms with E-state index in [2.05, 4.69) is 64.8 Å². The normalized spacial score (nSPS) is 9.62. The number of pyridine rings is 3. The molecule has 0 spiro atoms. The average Bonchev–Trinajstić information content (AvgIpc) is 2.93. The van der Waals surface area contributed by atoms with Gasteiger partial charge >= 0.3 is 27.0 Å². The second-order valence-electron chi connectivity index (χ2n) is 7.54. The number of nitrogens with zero attached hydrogens (tertiary/aromatic N) is 4. The van der Waals surface area contributed by atoms with Crippen molar-refractivity contribution in [2.24, 2.45) is 0 Å². The molecule has 2 radical (unpaired) electrons. The van der Waals surface area contributed by atoms with Crippen molar-refractivity contribution in [2.75, 3.05) is 0 Å². The van der Waals surface area contributed by atoms with Gasteiger partial charge in [0.2, 0.25) is 0 Å². The molecule has 0 saturated carbocycles. The van der Waals surface area contributed by atoms with Gasteiger partial charge in [0.15, 0.2) is 5.82 Å². The van der Waals surface area contributed by atoms with Gasteiger partial charge in [0, 0.05) is 44.7 Å². The van der Waals surface area contributed by atoms with E-state index < -0.39 is 0 Å². The van der Waals surface area contributed by atoms with Crippen LogP contribution in [-0.4, -0.2) is 25.5 Å². The van der Waals surface area contributed by atoms with Gasteiger partial charge in [0.05, 0.1) is 16.6 Å². The van der Waals surface area contributed by atoms with Crippen LogP contribution in [0.2, 0.25) is 0 Å². The minimum absolute atomic E-state index is 0. The Hall–Kier alpha value is -3.16. The van der Waals surface area contributed by atoms with Crippen molar-refractivity contribution in [3.63, 3.8) is 0 Å². The zero-order valence-electron chi connectivity index (χ0n) is 19.7. The Morgan fingerprint density at radius 1 is 0.757 bits per heavy atom. The Morgan fingerprint density at radius 2 is 1.30 bits per heavy atom. The summed E-state index contributed by atoms with van der Waals surface area (Å²) in [6, 6.07) is 28.8. The first kappa shape index (κ1) is 30.1. The number of hydrogen-bond donors (Lipinski definition) is 0. The molecular weight excluding hydrogens is 641 g/mol. The average molecular weight is 665 g/mol. The molecular formula is C28H24BrClN4O2Ru+. The third kappa shape index (κ3) is 8.44. The van der Waals surface area contributed by atoms with Crippen LogP contribution in [0.25, 0.3) is 32.7 Å². The van der Waals surface area contributed by atoms with Crippen molar-refractivity contribution < 1.29 is 27.9 Å². The van der Waals surface area contributed by atoms with Gasteiger partial charge in [0.1, 0.15) is 0 Å². The first-order chi connectivity index (χ1) is 17.5. The molecule has 37 heavy (non-hydrogen) atoms. The molecule has 6 nitrogen and oxygen atoms in total.